The van der Waals surface area contributed by atoms with E-state index < -0.39 is 0 Å². The Labute approximate surface area is 137 Å². The zero-order chi connectivity index (χ0) is 15.4. The molecule has 0 atom stereocenters. The molecule has 6 heteroatoms. The van der Waals surface area contributed by atoms with Crippen molar-refractivity contribution in [2.45, 2.75) is 11.1 Å². The number of thiol groups is 2. The van der Waals surface area contributed by atoms with E-state index in [0.717, 1.165) is 37.4 Å². The Morgan fingerprint density at radius 1 is 1.14 bits per heavy atom. The zero-order valence-electron chi connectivity index (χ0n) is 12.6. The van der Waals surface area contributed by atoms with Gasteiger partial charge in [0, 0.05) is 46.0 Å². The maximum atomic E-state index is 12.3. The summed E-state index contributed by atoms with van der Waals surface area (Å²) in [6.45, 7) is 3.18. The molecule has 0 unspecified atom stereocenters. The number of rotatable bonds is 4. The van der Waals surface area contributed by atoms with Gasteiger partial charge in [-0.05, 0) is 17.7 Å². The van der Waals surface area contributed by atoms with Crippen molar-refractivity contribution in [2.75, 3.05) is 45.2 Å². The Bertz CT molecular complexity index is 468. The lowest BCUT2D eigenvalue weighted by molar-refractivity contribution is -0.132. The van der Waals surface area contributed by atoms with Crippen LogP contribution < -0.4 is 4.90 Å². The summed E-state index contributed by atoms with van der Waals surface area (Å²) in [6, 6.07) is 8.15. The van der Waals surface area contributed by atoms with Crippen molar-refractivity contribution in [2.24, 2.45) is 0 Å². The van der Waals surface area contributed by atoms with E-state index in [4.69, 9.17) is 0 Å². The Morgan fingerprint density at radius 3 is 2.19 bits per heavy atom. The van der Waals surface area contributed by atoms with Crippen molar-refractivity contribution in [1.29, 1.82) is 0 Å². The van der Waals surface area contributed by atoms with Crippen LogP contribution in [-0.4, -0.2) is 60.7 Å². The van der Waals surface area contributed by atoms with Crippen molar-refractivity contribution in [3.8, 4) is 0 Å². The van der Waals surface area contributed by atoms with Crippen LogP contribution in [0.25, 0.3) is 0 Å². The van der Waals surface area contributed by atoms with Gasteiger partial charge < -0.3 is 9.80 Å². The summed E-state index contributed by atoms with van der Waals surface area (Å²) in [6.07, 6.45) is 0.471. The minimum Gasteiger partial charge on any atom is -0.378 e. The predicted octanol–water partition coefficient (Wildman–Crippen LogP) is 1.58. The molecule has 0 aliphatic carbocycles. The van der Waals surface area contributed by atoms with E-state index in [-0.39, 0.29) is 10.6 Å². The molecular formula is C15H23N3OS2. The summed E-state index contributed by atoms with van der Waals surface area (Å²) >= 11 is 8.62. The fraction of sp³-hybridized carbons (Fsp3) is 0.533. The molecule has 1 amide bonds. The number of amides is 1. The van der Waals surface area contributed by atoms with E-state index in [9.17, 15) is 4.79 Å². The van der Waals surface area contributed by atoms with Crippen LogP contribution in [0, 0.1) is 0 Å². The molecule has 1 saturated heterocycles. The molecule has 0 radical (unpaired) electrons. The van der Waals surface area contributed by atoms with E-state index in [0.29, 0.717) is 6.42 Å². The second-order valence-corrected chi connectivity index (χ2v) is 6.89. The summed E-state index contributed by atoms with van der Waals surface area (Å²) in [5, 5.41) is 0. The number of benzene rings is 1. The quantitative estimate of drug-likeness (QED) is 0.650. The lowest BCUT2D eigenvalue weighted by atomic mass is 10.1. The molecular weight excluding hydrogens is 302 g/mol. The fourth-order valence-electron chi connectivity index (χ4n) is 2.40. The normalized spacial score (nSPS) is 16.3. The molecule has 0 spiro atoms. The van der Waals surface area contributed by atoms with Crippen LogP contribution in [-0.2, 0) is 11.2 Å². The maximum absolute atomic E-state index is 12.3. The molecule has 116 valence electrons. The van der Waals surface area contributed by atoms with E-state index in [1.54, 1.807) is 0 Å². The van der Waals surface area contributed by atoms with Gasteiger partial charge in [-0.3, -0.25) is 9.69 Å². The Balaban J connectivity index is 1.87. The molecule has 2 rings (SSSR count). The van der Waals surface area contributed by atoms with Crippen LogP contribution in [0.2, 0.25) is 0 Å². The number of piperazine rings is 1. The Kier molecular flexibility index (Phi) is 5.84. The third-order valence-corrected chi connectivity index (χ3v) is 4.45. The smallest absolute Gasteiger partial charge is 0.227 e. The van der Waals surface area contributed by atoms with Gasteiger partial charge in [0.15, 0.2) is 0 Å². The molecule has 0 aromatic heterocycles. The number of nitrogens with zero attached hydrogens (tertiary/aromatic N) is 3. The van der Waals surface area contributed by atoms with Crippen LogP contribution in [0.1, 0.15) is 5.56 Å². The predicted molar refractivity (Wildman–Crippen MR) is 94.4 cm³/mol. The molecule has 0 bridgehead atoms. The van der Waals surface area contributed by atoms with Gasteiger partial charge in [0.2, 0.25) is 5.91 Å². The molecule has 1 fully saturated rings. The maximum Gasteiger partial charge on any atom is 0.227 e. The second kappa shape index (κ2) is 7.42. The highest BCUT2D eigenvalue weighted by Gasteiger charge is 2.22. The Hall–Kier alpha value is -0.850. The first-order valence-electron chi connectivity index (χ1n) is 7.11. The van der Waals surface area contributed by atoms with Crippen LogP contribution in [0.5, 0.6) is 0 Å². The van der Waals surface area contributed by atoms with Crippen LogP contribution in [0.15, 0.2) is 24.3 Å². The standard InChI is InChI=1S/C15H23N3OS2/c1-16(2)13-5-3-12(4-6-13)11-14(19)17-7-9-18(10-8-17)15(20)21/h3-6,15,20-21H,7-11H2,1-2H3. The van der Waals surface area contributed by atoms with Crippen molar-refractivity contribution in [1.82, 2.24) is 9.80 Å². The van der Waals surface area contributed by atoms with Crippen LogP contribution >= 0.6 is 25.3 Å². The number of hydrogen-bond donors (Lipinski definition) is 2. The average molecular weight is 326 g/mol. The third-order valence-electron chi connectivity index (χ3n) is 3.80. The van der Waals surface area contributed by atoms with E-state index >= 15 is 0 Å². The van der Waals surface area contributed by atoms with Crippen LogP contribution in [0.3, 0.4) is 0 Å². The summed E-state index contributed by atoms with van der Waals surface area (Å²) in [7, 11) is 4.02. The summed E-state index contributed by atoms with van der Waals surface area (Å²) in [5.74, 6) is 0.196. The lowest BCUT2D eigenvalue weighted by Crippen LogP contribution is -2.50. The highest BCUT2D eigenvalue weighted by atomic mass is 32.2. The molecule has 1 heterocycles. The first-order chi connectivity index (χ1) is 9.97. The van der Waals surface area contributed by atoms with Gasteiger partial charge in [-0.25, -0.2) is 0 Å². The van der Waals surface area contributed by atoms with Gasteiger partial charge in [-0.15, -0.1) is 25.3 Å². The highest BCUT2D eigenvalue weighted by molar-refractivity contribution is 7.99. The first kappa shape index (κ1) is 16.5. The molecule has 1 aromatic carbocycles. The third kappa shape index (κ3) is 4.56. The van der Waals surface area contributed by atoms with Gasteiger partial charge in [-0.1, -0.05) is 12.1 Å². The van der Waals surface area contributed by atoms with E-state index in [1.807, 2.05) is 43.3 Å². The Morgan fingerprint density at radius 2 is 1.71 bits per heavy atom. The van der Waals surface area contributed by atoms with Gasteiger partial charge in [-0.2, -0.15) is 0 Å². The number of hydrogen-bond acceptors (Lipinski definition) is 5. The van der Waals surface area contributed by atoms with Gasteiger partial charge in [0.25, 0.3) is 0 Å². The van der Waals surface area contributed by atoms with Crippen molar-refractivity contribution < 1.29 is 4.79 Å². The summed E-state index contributed by atoms with van der Waals surface area (Å²) in [4.78, 5) is 18.5. The van der Waals surface area contributed by atoms with Gasteiger partial charge >= 0.3 is 0 Å². The van der Waals surface area contributed by atoms with Crippen LogP contribution in [0.4, 0.5) is 5.69 Å². The van der Waals surface area contributed by atoms with E-state index in [2.05, 4.69) is 35.1 Å². The number of anilines is 1. The molecule has 1 aliphatic heterocycles. The topological polar surface area (TPSA) is 26.8 Å². The molecule has 0 saturated carbocycles. The highest BCUT2D eigenvalue weighted by Crippen LogP contribution is 2.15. The molecule has 1 aliphatic rings. The zero-order valence-corrected chi connectivity index (χ0v) is 14.4. The molecule has 1 aromatic rings. The van der Waals surface area contributed by atoms with E-state index in [1.165, 1.54) is 0 Å². The largest absolute Gasteiger partial charge is 0.378 e. The van der Waals surface area contributed by atoms with Crippen molar-refractivity contribution >= 4 is 36.9 Å². The minimum absolute atomic E-state index is 0.0409. The second-order valence-electron chi connectivity index (χ2n) is 5.50. The van der Waals surface area contributed by atoms with Gasteiger partial charge in [0.05, 0.1) is 11.1 Å². The number of carbonyl (C=O) groups excluding carboxylic acids is 1. The number of carbonyl (C=O) groups is 1. The summed E-state index contributed by atoms with van der Waals surface area (Å²) < 4.78 is -0.0409. The molecule has 4 nitrogen and oxygen atoms in total. The van der Waals surface area contributed by atoms with Gasteiger partial charge in [0.1, 0.15) is 0 Å². The SMILES string of the molecule is CN(C)c1ccc(CC(=O)N2CCN(C(S)S)CC2)cc1. The minimum atomic E-state index is -0.0409. The summed E-state index contributed by atoms with van der Waals surface area (Å²) in [5.41, 5.74) is 2.21. The van der Waals surface area contributed by atoms with Crippen molar-refractivity contribution in [3.05, 3.63) is 29.8 Å². The van der Waals surface area contributed by atoms with Crippen molar-refractivity contribution in [3.63, 3.8) is 0 Å². The molecule has 0 N–H and O–H groups in total. The monoisotopic (exact) mass is 325 g/mol. The molecule has 21 heavy (non-hydrogen) atoms. The first-order valence-corrected chi connectivity index (χ1v) is 8.15. The fourth-order valence-corrected chi connectivity index (χ4v) is 2.86. The lowest BCUT2D eigenvalue weighted by Gasteiger charge is -2.36. The average Bonchev–Trinajstić information content (AvgIpc) is 2.47.